The van der Waals surface area contributed by atoms with Crippen molar-refractivity contribution in [3.05, 3.63) is 53.6 Å². The van der Waals surface area contributed by atoms with Crippen molar-refractivity contribution in [1.29, 1.82) is 0 Å². The lowest BCUT2D eigenvalue weighted by Crippen LogP contribution is -2.42. The van der Waals surface area contributed by atoms with Crippen LogP contribution in [0.15, 0.2) is 47.6 Å². The molecule has 3 aliphatic rings. The van der Waals surface area contributed by atoms with E-state index in [4.69, 9.17) is 33.3 Å². The lowest BCUT2D eigenvalue weighted by molar-refractivity contribution is -0.228. The fraction of sp³-hybridized carbons (Fsp3) is 0.500. The molecule has 2 aromatic carbocycles. The molecule has 5 rings (SSSR count). The molecular weight excluding hydrogens is 486 g/mol. The van der Waals surface area contributed by atoms with Crippen molar-refractivity contribution in [2.24, 2.45) is 5.16 Å². The van der Waals surface area contributed by atoms with Crippen LogP contribution in [0.1, 0.15) is 31.1 Å². The molecule has 3 N–H and O–H groups in total. The molecule has 0 amide bonds. The molecule has 2 saturated heterocycles. The second-order valence-electron chi connectivity index (χ2n) is 9.52. The first-order chi connectivity index (χ1) is 17.7. The van der Waals surface area contributed by atoms with E-state index < -0.39 is 48.7 Å². The molecule has 200 valence electrons. The average molecular weight is 518 g/mol. The van der Waals surface area contributed by atoms with Crippen LogP contribution in [0.3, 0.4) is 0 Å². The molecule has 0 saturated carbocycles. The van der Waals surface area contributed by atoms with Gasteiger partial charge in [0.1, 0.15) is 60.1 Å². The van der Waals surface area contributed by atoms with Gasteiger partial charge < -0.3 is 48.6 Å². The average Bonchev–Trinajstić information content (AvgIpc) is 3.36. The first kappa shape index (κ1) is 25.7. The van der Waals surface area contributed by atoms with Crippen molar-refractivity contribution >= 4 is 5.71 Å². The first-order valence-corrected chi connectivity index (χ1v) is 11.9. The highest BCUT2D eigenvalue weighted by Gasteiger charge is 2.56. The highest BCUT2D eigenvalue weighted by atomic mass is 16.8. The predicted molar refractivity (Wildman–Crippen MR) is 129 cm³/mol. The summed E-state index contributed by atoms with van der Waals surface area (Å²) >= 11 is 0. The van der Waals surface area contributed by atoms with Crippen molar-refractivity contribution in [1.82, 2.24) is 0 Å². The zero-order valence-corrected chi connectivity index (χ0v) is 20.9. The first-order valence-electron chi connectivity index (χ1n) is 11.9. The fourth-order valence-corrected chi connectivity index (χ4v) is 4.73. The molecule has 0 aromatic heterocycles. The Morgan fingerprint density at radius 1 is 1.03 bits per heavy atom. The Labute approximate surface area is 214 Å². The summed E-state index contributed by atoms with van der Waals surface area (Å²) in [6.07, 6.45) is -6.87. The summed E-state index contributed by atoms with van der Waals surface area (Å²) in [6.45, 7) is 3.12. The van der Waals surface area contributed by atoms with E-state index in [0.29, 0.717) is 28.4 Å². The third-order valence-electron chi connectivity index (χ3n) is 6.55. The van der Waals surface area contributed by atoms with Crippen LogP contribution in [0.4, 0.5) is 0 Å². The number of aliphatic hydroxyl groups excluding tert-OH is 3. The Hall–Kier alpha value is -2.93. The summed E-state index contributed by atoms with van der Waals surface area (Å²) in [7, 11) is 3.09. The van der Waals surface area contributed by atoms with E-state index in [1.54, 1.807) is 57.4 Å². The zero-order chi connectivity index (χ0) is 26.3. The Morgan fingerprint density at radius 3 is 2.51 bits per heavy atom. The van der Waals surface area contributed by atoms with E-state index in [9.17, 15) is 15.3 Å². The Kier molecular flexibility index (Phi) is 7.01. The SMILES string of the molecule is COc1cccc([C@H]2Oc3ccc(OC)cc3/C(=N\OC[C@@H](O)[C@@H]3O[C@@H]4OC(C)(C)O[C@@H]4[C@H]3O)[C@@H]2O)c1. The second kappa shape index (κ2) is 10.1. The van der Waals surface area contributed by atoms with E-state index in [-0.39, 0.29) is 12.3 Å². The molecule has 0 aliphatic carbocycles. The van der Waals surface area contributed by atoms with Gasteiger partial charge in [-0.15, -0.1) is 0 Å². The molecule has 11 heteroatoms. The molecule has 0 spiro atoms. The number of fused-ring (bicyclic) bond motifs is 2. The molecule has 0 radical (unpaired) electrons. The number of nitrogens with zero attached hydrogens (tertiary/aromatic N) is 1. The van der Waals surface area contributed by atoms with E-state index in [0.717, 1.165) is 0 Å². The van der Waals surface area contributed by atoms with Gasteiger partial charge in [-0.2, -0.15) is 0 Å². The highest BCUT2D eigenvalue weighted by molar-refractivity contribution is 6.07. The van der Waals surface area contributed by atoms with E-state index in [1.807, 2.05) is 6.07 Å². The number of methoxy groups -OCH3 is 2. The minimum atomic E-state index is -1.24. The minimum absolute atomic E-state index is 0.193. The Bertz CT molecular complexity index is 1150. The molecule has 3 aliphatic heterocycles. The Balaban J connectivity index is 1.35. The fourth-order valence-electron chi connectivity index (χ4n) is 4.73. The van der Waals surface area contributed by atoms with E-state index >= 15 is 0 Å². The van der Waals surface area contributed by atoms with Gasteiger partial charge in [0.15, 0.2) is 18.2 Å². The summed E-state index contributed by atoms with van der Waals surface area (Å²) in [6, 6.07) is 12.3. The van der Waals surface area contributed by atoms with Gasteiger partial charge in [0.25, 0.3) is 0 Å². The lowest BCUT2D eigenvalue weighted by atomic mass is 9.92. The van der Waals surface area contributed by atoms with Crippen LogP contribution in [0.2, 0.25) is 0 Å². The number of ether oxygens (including phenoxy) is 6. The molecule has 3 heterocycles. The molecule has 37 heavy (non-hydrogen) atoms. The maximum absolute atomic E-state index is 11.3. The molecule has 2 aromatic rings. The largest absolute Gasteiger partial charge is 0.497 e. The van der Waals surface area contributed by atoms with Crippen molar-refractivity contribution in [3.63, 3.8) is 0 Å². The number of hydrogen-bond acceptors (Lipinski definition) is 11. The van der Waals surface area contributed by atoms with Crippen LogP contribution in [0, 0.1) is 0 Å². The van der Waals surface area contributed by atoms with Gasteiger partial charge in [-0.05, 0) is 49.7 Å². The summed E-state index contributed by atoms with van der Waals surface area (Å²) in [5, 5.41) is 36.7. The summed E-state index contributed by atoms with van der Waals surface area (Å²) < 4.78 is 33.7. The van der Waals surface area contributed by atoms with Gasteiger partial charge in [0, 0.05) is 5.56 Å². The van der Waals surface area contributed by atoms with Gasteiger partial charge in [-0.25, -0.2) is 0 Å². The number of oxime groups is 1. The summed E-state index contributed by atoms with van der Waals surface area (Å²) in [4.78, 5) is 5.47. The van der Waals surface area contributed by atoms with Crippen LogP contribution in [0.5, 0.6) is 17.2 Å². The lowest BCUT2D eigenvalue weighted by Gasteiger charge is -2.32. The summed E-state index contributed by atoms with van der Waals surface area (Å²) in [5.74, 6) is 0.741. The third-order valence-corrected chi connectivity index (χ3v) is 6.55. The number of rotatable bonds is 7. The third kappa shape index (κ3) is 4.98. The van der Waals surface area contributed by atoms with Gasteiger partial charge >= 0.3 is 0 Å². The van der Waals surface area contributed by atoms with Crippen LogP contribution >= 0.6 is 0 Å². The van der Waals surface area contributed by atoms with E-state index in [2.05, 4.69) is 5.16 Å². The van der Waals surface area contributed by atoms with E-state index in [1.165, 1.54) is 7.11 Å². The smallest absolute Gasteiger partial charge is 0.190 e. The van der Waals surface area contributed by atoms with Crippen LogP contribution in [-0.4, -0.2) is 84.5 Å². The predicted octanol–water partition coefficient (Wildman–Crippen LogP) is 1.52. The van der Waals surface area contributed by atoms with Gasteiger partial charge in [0.05, 0.1) is 14.2 Å². The molecule has 0 unspecified atom stereocenters. The molecular formula is C26H31NO10. The highest BCUT2D eigenvalue weighted by Crippen LogP contribution is 2.39. The Morgan fingerprint density at radius 2 is 1.78 bits per heavy atom. The number of aliphatic hydroxyl groups is 3. The minimum Gasteiger partial charge on any atom is -0.497 e. The normalized spacial score (nSPS) is 31.8. The zero-order valence-electron chi connectivity index (χ0n) is 20.9. The van der Waals surface area contributed by atoms with Crippen LogP contribution < -0.4 is 14.2 Å². The van der Waals surface area contributed by atoms with Crippen molar-refractivity contribution in [2.75, 3.05) is 20.8 Å². The van der Waals surface area contributed by atoms with Crippen LogP contribution in [0.25, 0.3) is 0 Å². The summed E-state index contributed by atoms with van der Waals surface area (Å²) in [5.41, 5.74) is 1.35. The molecule has 7 atom stereocenters. The number of benzene rings is 2. The standard InChI is InChI=1S/C26H31NO10/c1-26(2)36-24-21(30)23(35-25(24)37-26)17(28)12-33-27-19-16-11-15(32-4)8-9-18(16)34-22(20(19)29)13-6-5-7-14(10-13)31-3/h5-11,17,20-25,28-30H,12H2,1-4H3/b27-19+/t17-,20+,21+,22-,23+,24-,25-/m1/s1. The molecule has 2 fully saturated rings. The maximum atomic E-state index is 11.3. The quantitative estimate of drug-likeness (QED) is 0.464. The number of hydrogen-bond donors (Lipinski definition) is 3. The van der Waals surface area contributed by atoms with Gasteiger partial charge in [-0.1, -0.05) is 17.3 Å². The van der Waals surface area contributed by atoms with Crippen molar-refractivity contribution in [2.45, 2.75) is 62.5 Å². The second-order valence-corrected chi connectivity index (χ2v) is 9.52. The van der Waals surface area contributed by atoms with Crippen molar-refractivity contribution in [3.8, 4) is 17.2 Å². The maximum Gasteiger partial charge on any atom is 0.190 e. The van der Waals surface area contributed by atoms with Crippen LogP contribution in [-0.2, 0) is 19.0 Å². The van der Waals surface area contributed by atoms with Gasteiger partial charge in [-0.3, -0.25) is 0 Å². The topological polar surface area (TPSA) is 138 Å². The monoisotopic (exact) mass is 517 g/mol. The molecule has 11 nitrogen and oxygen atoms in total. The molecule has 0 bridgehead atoms. The van der Waals surface area contributed by atoms with Crippen molar-refractivity contribution < 1.29 is 48.6 Å². The van der Waals surface area contributed by atoms with Gasteiger partial charge in [0.2, 0.25) is 0 Å².